The Bertz CT molecular complexity index is 528. The number of carbonyl (C=O) groups excluding carboxylic acids is 1. The number of ether oxygens (including phenoxy) is 2. The normalized spacial score (nSPS) is 17.3. The summed E-state index contributed by atoms with van der Waals surface area (Å²) in [4.78, 5) is 14.4. The maximum atomic E-state index is 12.3. The van der Waals surface area contributed by atoms with Gasteiger partial charge in [-0.1, -0.05) is 12.2 Å². The second-order valence-electron chi connectivity index (χ2n) is 5.59. The van der Waals surface area contributed by atoms with Gasteiger partial charge in [-0.05, 0) is 38.1 Å². The molecule has 0 aliphatic carbocycles. The molecule has 2 N–H and O–H groups in total. The van der Waals surface area contributed by atoms with Gasteiger partial charge in [-0.25, -0.2) is 0 Å². The Labute approximate surface area is 130 Å². The quantitative estimate of drug-likeness (QED) is 0.850. The highest BCUT2D eigenvalue weighted by molar-refractivity contribution is 7.80. The Morgan fingerprint density at radius 1 is 1.43 bits per heavy atom. The number of rotatable bonds is 4. The van der Waals surface area contributed by atoms with Crippen molar-refractivity contribution < 1.29 is 14.3 Å². The average molecular weight is 308 g/mol. The summed E-state index contributed by atoms with van der Waals surface area (Å²) in [6.45, 7) is 5.69. The van der Waals surface area contributed by atoms with Gasteiger partial charge in [-0.15, -0.1) is 0 Å². The molecule has 21 heavy (non-hydrogen) atoms. The first-order chi connectivity index (χ1) is 9.90. The fraction of sp³-hybridized carbons (Fsp3) is 0.467. The van der Waals surface area contributed by atoms with Gasteiger partial charge in [0.2, 0.25) is 0 Å². The highest BCUT2D eigenvalue weighted by Crippen LogP contribution is 2.19. The Morgan fingerprint density at radius 2 is 2.10 bits per heavy atom. The Hall–Kier alpha value is -1.66. The highest BCUT2D eigenvalue weighted by Gasteiger charge is 2.34. The van der Waals surface area contributed by atoms with Gasteiger partial charge in [-0.3, -0.25) is 4.79 Å². The minimum Gasteiger partial charge on any atom is -0.484 e. The van der Waals surface area contributed by atoms with Crippen molar-refractivity contribution in [1.29, 1.82) is 0 Å². The van der Waals surface area contributed by atoms with Crippen molar-refractivity contribution in [2.75, 3.05) is 26.4 Å². The topological polar surface area (TPSA) is 64.8 Å². The molecule has 1 aromatic carbocycles. The smallest absolute Gasteiger partial charge is 0.261 e. The lowest BCUT2D eigenvalue weighted by atomic mass is 10.0. The molecule has 5 nitrogen and oxygen atoms in total. The predicted molar refractivity (Wildman–Crippen MR) is 84.4 cm³/mol. The van der Waals surface area contributed by atoms with Crippen LogP contribution in [0.2, 0.25) is 0 Å². The van der Waals surface area contributed by atoms with Gasteiger partial charge >= 0.3 is 0 Å². The first kappa shape index (κ1) is 15.7. The molecule has 1 aromatic rings. The molecule has 1 saturated heterocycles. The van der Waals surface area contributed by atoms with Gasteiger partial charge in [0.25, 0.3) is 5.91 Å². The zero-order chi connectivity index (χ0) is 15.5. The van der Waals surface area contributed by atoms with E-state index in [0.29, 0.717) is 30.5 Å². The molecule has 0 spiro atoms. The summed E-state index contributed by atoms with van der Waals surface area (Å²) in [5.74, 6) is 0.580. The molecule has 0 atom stereocenters. The molecule has 0 unspecified atom stereocenters. The van der Waals surface area contributed by atoms with Crippen LogP contribution in [0.3, 0.4) is 0 Å². The SMILES string of the molecule is CC1(C)COCCN1C(=O)COc1ccc(C(N)=S)cc1. The first-order valence-electron chi connectivity index (χ1n) is 6.81. The van der Waals surface area contributed by atoms with E-state index in [4.69, 9.17) is 27.4 Å². The molecular weight excluding hydrogens is 288 g/mol. The lowest BCUT2D eigenvalue weighted by molar-refractivity contribution is -0.148. The third-order valence-corrected chi connectivity index (χ3v) is 3.68. The summed E-state index contributed by atoms with van der Waals surface area (Å²) in [7, 11) is 0. The van der Waals surface area contributed by atoms with E-state index in [9.17, 15) is 4.79 Å². The number of carbonyl (C=O) groups is 1. The van der Waals surface area contributed by atoms with Crippen LogP contribution in [0.5, 0.6) is 5.75 Å². The number of hydrogen-bond acceptors (Lipinski definition) is 4. The van der Waals surface area contributed by atoms with Gasteiger partial charge in [0.15, 0.2) is 6.61 Å². The molecule has 0 bridgehead atoms. The minimum atomic E-state index is -0.297. The van der Waals surface area contributed by atoms with Crippen LogP contribution in [0.25, 0.3) is 0 Å². The summed E-state index contributed by atoms with van der Waals surface area (Å²) in [6, 6.07) is 7.07. The fourth-order valence-corrected chi connectivity index (χ4v) is 2.40. The van der Waals surface area contributed by atoms with Crippen LogP contribution in [0, 0.1) is 0 Å². The third-order valence-electron chi connectivity index (χ3n) is 3.45. The second kappa shape index (κ2) is 6.41. The van der Waals surface area contributed by atoms with Crippen molar-refractivity contribution in [3.8, 4) is 5.75 Å². The van der Waals surface area contributed by atoms with Crippen LogP contribution >= 0.6 is 12.2 Å². The molecular formula is C15H20N2O3S. The standard InChI is InChI=1S/C15H20N2O3S/c1-15(2)10-19-8-7-17(15)13(18)9-20-12-5-3-11(4-6-12)14(16)21/h3-6H,7-10H2,1-2H3,(H2,16,21). The third kappa shape index (κ3) is 3.92. The van der Waals surface area contributed by atoms with Crippen LogP contribution < -0.4 is 10.5 Å². The molecule has 1 aliphatic rings. The van der Waals surface area contributed by atoms with Crippen LogP contribution in [0.4, 0.5) is 0 Å². The van der Waals surface area contributed by atoms with E-state index < -0.39 is 0 Å². The van der Waals surface area contributed by atoms with Crippen molar-refractivity contribution in [3.63, 3.8) is 0 Å². The molecule has 1 heterocycles. The summed E-state index contributed by atoms with van der Waals surface area (Å²) in [6.07, 6.45) is 0. The van der Waals surface area contributed by atoms with Crippen LogP contribution in [-0.4, -0.2) is 47.7 Å². The Kier molecular flexibility index (Phi) is 4.80. The molecule has 6 heteroatoms. The van der Waals surface area contributed by atoms with Gasteiger partial charge in [-0.2, -0.15) is 0 Å². The summed E-state index contributed by atoms with van der Waals surface area (Å²) in [5.41, 5.74) is 6.01. The second-order valence-corrected chi connectivity index (χ2v) is 6.03. The molecule has 2 rings (SSSR count). The van der Waals surface area contributed by atoms with E-state index in [1.165, 1.54) is 0 Å². The van der Waals surface area contributed by atoms with Gasteiger partial charge in [0.05, 0.1) is 18.8 Å². The lowest BCUT2D eigenvalue weighted by Gasteiger charge is -2.42. The van der Waals surface area contributed by atoms with E-state index in [-0.39, 0.29) is 18.1 Å². The van der Waals surface area contributed by atoms with Crippen LogP contribution in [-0.2, 0) is 9.53 Å². The lowest BCUT2D eigenvalue weighted by Crippen LogP contribution is -2.56. The first-order valence-corrected chi connectivity index (χ1v) is 7.22. The maximum absolute atomic E-state index is 12.3. The van der Waals surface area contributed by atoms with Crippen molar-refractivity contribution in [1.82, 2.24) is 4.90 Å². The average Bonchev–Trinajstić information content (AvgIpc) is 2.44. The number of nitrogens with zero attached hydrogens (tertiary/aromatic N) is 1. The number of morpholine rings is 1. The maximum Gasteiger partial charge on any atom is 0.261 e. The number of hydrogen-bond donors (Lipinski definition) is 1. The molecule has 1 fully saturated rings. The van der Waals surface area contributed by atoms with Crippen LogP contribution in [0.15, 0.2) is 24.3 Å². The minimum absolute atomic E-state index is 0.00977. The molecule has 1 aliphatic heterocycles. The van der Waals surface area contributed by atoms with E-state index in [1.54, 1.807) is 29.2 Å². The van der Waals surface area contributed by atoms with Gasteiger partial charge < -0.3 is 20.1 Å². The van der Waals surface area contributed by atoms with E-state index in [0.717, 1.165) is 5.56 Å². The number of amides is 1. The van der Waals surface area contributed by atoms with Crippen molar-refractivity contribution >= 4 is 23.1 Å². The fourth-order valence-electron chi connectivity index (χ4n) is 2.26. The molecule has 114 valence electrons. The highest BCUT2D eigenvalue weighted by atomic mass is 32.1. The molecule has 1 amide bonds. The monoisotopic (exact) mass is 308 g/mol. The number of thiocarbonyl (C=S) groups is 1. The number of benzene rings is 1. The largest absolute Gasteiger partial charge is 0.484 e. The van der Waals surface area contributed by atoms with Crippen molar-refractivity contribution in [3.05, 3.63) is 29.8 Å². The van der Waals surface area contributed by atoms with Crippen molar-refractivity contribution in [2.45, 2.75) is 19.4 Å². The van der Waals surface area contributed by atoms with Crippen LogP contribution in [0.1, 0.15) is 19.4 Å². The Balaban J connectivity index is 1.93. The molecule has 0 radical (unpaired) electrons. The Morgan fingerprint density at radius 3 is 2.67 bits per heavy atom. The number of nitrogens with two attached hydrogens (primary N) is 1. The molecule has 0 aromatic heterocycles. The van der Waals surface area contributed by atoms with E-state index >= 15 is 0 Å². The predicted octanol–water partition coefficient (Wildman–Crippen LogP) is 1.34. The summed E-state index contributed by atoms with van der Waals surface area (Å²) in [5, 5.41) is 0. The van der Waals surface area contributed by atoms with E-state index in [2.05, 4.69) is 0 Å². The van der Waals surface area contributed by atoms with E-state index in [1.807, 2.05) is 13.8 Å². The molecule has 0 saturated carbocycles. The van der Waals surface area contributed by atoms with Crippen molar-refractivity contribution in [2.24, 2.45) is 5.73 Å². The zero-order valence-corrected chi connectivity index (χ0v) is 13.1. The van der Waals surface area contributed by atoms with Gasteiger partial charge in [0.1, 0.15) is 10.7 Å². The van der Waals surface area contributed by atoms with Gasteiger partial charge in [0, 0.05) is 12.1 Å². The summed E-state index contributed by atoms with van der Waals surface area (Å²) >= 11 is 4.89. The zero-order valence-electron chi connectivity index (χ0n) is 12.3. The summed E-state index contributed by atoms with van der Waals surface area (Å²) < 4.78 is 10.9.